The van der Waals surface area contributed by atoms with Crippen LogP contribution in [0.1, 0.15) is 18.4 Å². The van der Waals surface area contributed by atoms with E-state index in [-0.39, 0.29) is 0 Å². The number of ether oxygens (including phenoxy) is 3. The SMILES string of the molecule is COC1CCN(Cc2cc(Cl)c3c(c2)OCCO3)C(CN)C1. The Kier molecular flexibility index (Phi) is 5.08. The lowest BCUT2D eigenvalue weighted by Crippen LogP contribution is -2.47. The molecule has 0 amide bonds. The van der Waals surface area contributed by atoms with Crippen molar-refractivity contribution in [2.75, 3.05) is 33.4 Å². The molecule has 2 N–H and O–H groups in total. The van der Waals surface area contributed by atoms with Crippen LogP contribution in [0.2, 0.25) is 5.02 Å². The summed E-state index contributed by atoms with van der Waals surface area (Å²) in [6, 6.07) is 4.33. The quantitative estimate of drug-likeness (QED) is 0.917. The van der Waals surface area contributed by atoms with E-state index in [1.165, 1.54) is 0 Å². The molecule has 2 atom stereocenters. The monoisotopic (exact) mass is 326 g/mol. The highest BCUT2D eigenvalue weighted by atomic mass is 35.5. The van der Waals surface area contributed by atoms with Crippen molar-refractivity contribution < 1.29 is 14.2 Å². The molecule has 122 valence electrons. The highest BCUT2D eigenvalue weighted by Crippen LogP contribution is 2.38. The Balaban J connectivity index is 1.74. The molecule has 1 saturated heterocycles. The maximum absolute atomic E-state index is 6.31. The van der Waals surface area contributed by atoms with E-state index in [0.717, 1.165) is 37.2 Å². The van der Waals surface area contributed by atoms with E-state index < -0.39 is 0 Å². The molecule has 2 heterocycles. The molecule has 0 bridgehead atoms. The second kappa shape index (κ2) is 7.04. The molecule has 22 heavy (non-hydrogen) atoms. The zero-order chi connectivity index (χ0) is 15.5. The summed E-state index contributed by atoms with van der Waals surface area (Å²) in [6.07, 6.45) is 2.32. The standard InChI is InChI=1S/C16H23ClN2O3/c1-20-13-2-3-19(12(8-13)9-18)10-11-6-14(17)16-15(7-11)21-4-5-22-16/h6-7,12-13H,2-5,8-10,18H2,1H3. The summed E-state index contributed by atoms with van der Waals surface area (Å²) in [5.74, 6) is 1.40. The van der Waals surface area contributed by atoms with Gasteiger partial charge in [-0.3, -0.25) is 4.90 Å². The molecule has 0 aliphatic carbocycles. The van der Waals surface area contributed by atoms with Crippen molar-refractivity contribution in [2.24, 2.45) is 5.73 Å². The zero-order valence-electron chi connectivity index (χ0n) is 12.9. The summed E-state index contributed by atoms with van der Waals surface area (Å²) in [7, 11) is 1.77. The van der Waals surface area contributed by atoms with E-state index in [4.69, 9.17) is 31.5 Å². The topological polar surface area (TPSA) is 57.0 Å². The van der Waals surface area contributed by atoms with Gasteiger partial charge in [0.1, 0.15) is 13.2 Å². The number of benzene rings is 1. The first kappa shape index (κ1) is 15.9. The minimum atomic E-state index is 0.314. The van der Waals surface area contributed by atoms with Gasteiger partial charge in [-0.05, 0) is 30.5 Å². The van der Waals surface area contributed by atoms with Gasteiger partial charge >= 0.3 is 0 Å². The number of fused-ring (bicyclic) bond motifs is 1. The molecule has 1 aromatic rings. The van der Waals surface area contributed by atoms with Gasteiger partial charge < -0.3 is 19.9 Å². The van der Waals surface area contributed by atoms with Crippen molar-refractivity contribution in [1.82, 2.24) is 4.90 Å². The number of rotatable bonds is 4. The van der Waals surface area contributed by atoms with E-state index in [9.17, 15) is 0 Å². The first-order chi connectivity index (χ1) is 10.7. The van der Waals surface area contributed by atoms with Crippen LogP contribution in [0, 0.1) is 0 Å². The molecule has 0 saturated carbocycles. The Morgan fingerprint density at radius 2 is 2.18 bits per heavy atom. The lowest BCUT2D eigenvalue weighted by atomic mass is 9.98. The second-order valence-corrected chi connectivity index (χ2v) is 6.25. The molecule has 2 aliphatic heterocycles. The fourth-order valence-corrected chi connectivity index (χ4v) is 3.51. The van der Waals surface area contributed by atoms with E-state index >= 15 is 0 Å². The minimum Gasteiger partial charge on any atom is -0.486 e. The summed E-state index contributed by atoms with van der Waals surface area (Å²) in [5.41, 5.74) is 7.07. The van der Waals surface area contributed by atoms with E-state index in [0.29, 0.717) is 42.7 Å². The van der Waals surface area contributed by atoms with Crippen LogP contribution in [0.15, 0.2) is 12.1 Å². The maximum atomic E-state index is 6.31. The van der Waals surface area contributed by atoms with Gasteiger partial charge in [-0.15, -0.1) is 0 Å². The summed E-state index contributed by atoms with van der Waals surface area (Å²) in [5, 5.41) is 0.614. The Bertz CT molecular complexity index is 526. The van der Waals surface area contributed by atoms with Crippen LogP contribution in [0.5, 0.6) is 11.5 Å². The average Bonchev–Trinajstić information content (AvgIpc) is 2.55. The van der Waals surface area contributed by atoms with Gasteiger partial charge in [-0.2, -0.15) is 0 Å². The Morgan fingerprint density at radius 3 is 2.95 bits per heavy atom. The highest BCUT2D eigenvalue weighted by molar-refractivity contribution is 6.32. The van der Waals surface area contributed by atoms with Crippen LogP contribution >= 0.6 is 11.6 Å². The number of methoxy groups -OCH3 is 1. The molecular formula is C16H23ClN2O3. The predicted molar refractivity (Wildman–Crippen MR) is 85.7 cm³/mol. The lowest BCUT2D eigenvalue weighted by Gasteiger charge is -2.38. The summed E-state index contributed by atoms with van der Waals surface area (Å²) < 4.78 is 16.7. The van der Waals surface area contributed by atoms with Crippen LogP contribution in [-0.2, 0) is 11.3 Å². The summed E-state index contributed by atoms with van der Waals surface area (Å²) >= 11 is 6.31. The molecule has 0 spiro atoms. The van der Waals surface area contributed by atoms with Crippen LogP contribution in [0.25, 0.3) is 0 Å². The van der Waals surface area contributed by atoms with E-state index in [1.54, 1.807) is 7.11 Å². The fourth-order valence-electron chi connectivity index (χ4n) is 3.22. The summed E-state index contributed by atoms with van der Waals surface area (Å²) in [6.45, 7) is 3.54. The van der Waals surface area contributed by atoms with Crippen molar-refractivity contribution in [1.29, 1.82) is 0 Å². The molecule has 5 nitrogen and oxygen atoms in total. The van der Waals surface area contributed by atoms with Gasteiger partial charge in [0.05, 0.1) is 11.1 Å². The van der Waals surface area contributed by atoms with Crippen molar-refractivity contribution >= 4 is 11.6 Å². The molecule has 6 heteroatoms. The molecular weight excluding hydrogens is 304 g/mol. The molecule has 1 fully saturated rings. The van der Waals surface area contributed by atoms with E-state index in [1.807, 2.05) is 12.1 Å². The number of nitrogens with zero attached hydrogens (tertiary/aromatic N) is 1. The van der Waals surface area contributed by atoms with Gasteiger partial charge in [-0.1, -0.05) is 11.6 Å². The minimum absolute atomic E-state index is 0.314. The molecule has 1 aromatic carbocycles. The van der Waals surface area contributed by atoms with E-state index in [2.05, 4.69) is 4.90 Å². The van der Waals surface area contributed by atoms with Crippen LogP contribution in [0.3, 0.4) is 0 Å². The number of piperidine rings is 1. The second-order valence-electron chi connectivity index (χ2n) is 5.84. The molecule has 0 radical (unpaired) electrons. The van der Waals surface area contributed by atoms with Crippen LogP contribution < -0.4 is 15.2 Å². The third-order valence-electron chi connectivity index (χ3n) is 4.44. The lowest BCUT2D eigenvalue weighted by molar-refractivity contribution is 0.0102. The van der Waals surface area contributed by atoms with Crippen molar-refractivity contribution in [3.63, 3.8) is 0 Å². The van der Waals surface area contributed by atoms with Gasteiger partial charge in [0.2, 0.25) is 0 Å². The fraction of sp³-hybridized carbons (Fsp3) is 0.625. The first-order valence-electron chi connectivity index (χ1n) is 7.76. The average molecular weight is 327 g/mol. The largest absolute Gasteiger partial charge is 0.486 e. The smallest absolute Gasteiger partial charge is 0.179 e. The third-order valence-corrected chi connectivity index (χ3v) is 4.72. The molecule has 3 rings (SSSR count). The van der Waals surface area contributed by atoms with Crippen LogP contribution in [-0.4, -0.2) is 50.5 Å². The molecule has 2 unspecified atom stereocenters. The first-order valence-corrected chi connectivity index (χ1v) is 8.14. The van der Waals surface area contributed by atoms with Crippen molar-refractivity contribution in [3.8, 4) is 11.5 Å². The van der Waals surface area contributed by atoms with Gasteiger partial charge in [0, 0.05) is 32.8 Å². The number of hydrogen-bond donors (Lipinski definition) is 1. The number of nitrogens with two attached hydrogens (primary N) is 1. The Hall–Kier alpha value is -1.01. The highest BCUT2D eigenvalue weighted by Gasteiger charge is 2.28. The maximum Gasteiger partial charge on any atom is 0.179 e. The van der Waals surface area contributed by atoms with Crippen LogP contribution in [0.4, 0.5) is 0 Å². The van der Waals surface area contributed by atoms with Crippen molar-refractivity contribution in [3.05, 3.63) is 22.7 Å². The number of likely N-dealkylation sites (tertiary alicyclic amines) is 1. The molecule has 0 aromatic heterocycles. The van der Waals surface area contributed by atoms with Gasteiger partial charge in [-0.25, -0.2) is 0 Å². The zero-order valence-corrected chi connectivity index (χ0v) is 13.6. The third kappa shape index (κ3) is 3.33. The summed E-state index contributed by atoms with van der Waals surface area (Å²) in [4.78, 5) is 2.40. The van der Waals surface area contributed by atoms with Gasteiger partial charge in [0.15, 0.2) is 11.5 Å². The van der Waals surface area contributed by atoms with Gasteiger partial charge in [0.25, 0.3) is 0 Å². The Morgan fingerprint density at radius 1 is 1.36 bits per heavy atom. The Labute approximate surface area is 136 Å². The normalized spacial score (nSPS) is 25.2. The van der Waals surface area contributed by atoms with Crippen molar-refractivity contribution in [2.45, 2.75) is 31.5 Å². The number of halogens is 1. The predicted octanol–water partition coefficient (Wildman–Crippen LogP) is 2.05. The number of hydrogen-bond acceptors (Lipinski definition) is 5. The molecule has 2 aliphatic rings.